The third-order valence-electron chi connectivity index (χ3n) is 2.16. The number of rotatable bonds is 4. The quantitative estimate of drug-likeness (QED) is 0.905. The molecule has 0 unspecified atom stereocenters. The fraction of sp³-hybridized carbons (Fsp3) is 0.167. The average Bonchev–Trinajstić information content (AvgIpc) is 2.37. The van der Waals surface area contributed by atoms with Gasteiger partial charge in [0.2, 0.25) is 0 Å². The molecule has 0 aliphatic rings. The Hall–Kier alpha value is -2.08. The first kappa shape index (κ1) is 12.4. The van der Waals surface area contributed by atoms with Crippen LogP contribution in [0.15, 0.2) is 30.6 Å². The van der Waals surface area contributed by atoms with E-state index in [2.05, 4.69) is 15.3 Å². The third kappa shape index (κ3) is 2.98. The molecule has 6 heteroatoms. The fourth-order valence-corrected chi connectivity index (χ4v) is 1.34. The first-order chi connectivity index (χ1) is 8.69. The second-order valence-corrected chi connectivity index (χ2v) is 3.58. The van der Waals surface area contributed by atoms with Gasteiger partial charge in [-0.25, -0.2) is 18.7 Å². The Morgan fingerprint density at radius 1 is 1.22 bits per heavy atom. The van der Waals surface area contributed by atoms with Gasteiger partial charge in [-0.2, -0.15) is 0 Å². The van der Waals surface area contributed by atoms with Crippen molar-refractivity contribution in [2.75, 3.05) is 7.05 Å². The van der Waals surface area contributed by atoms with E-state index in [1.54, 1.807) is 19.4 Å². The molecular weight excluding hydrogens is 240 g/mol. The summed E-state index contributed by atoms with van der Waals surface area (Å²) in [6.07, 6.45) is 3.10. The molecule has 0 aliphatic carbocycles. The molecule has 18 heavy (non-hydrogen) atoms. The molecule has 2 rings (SSSR count). The average molecular weight is 251 g/mol. The maximum atomic E-state index is 13.3. The van der Waals surface area contributed by atoms with Gasteiger partial charge in [-0.3, -0.25) is 0 Å². The summed E-state index contributed by atoms with van der Waals surface area (Å²) in [6, 6.07) is 2.92. The van der Waals surface area contributed by atoms with Crippen molar-refractivity contribution >= 4 is 0 Å². The number of hydrogen-bond donors (Lipinski definition) is 1. The first-order valence-electron chi connectivity index (χ1n) is 5.27. The standard InChI is InChI=1S/C12H11F2N3O/c1-15-5-8-6-16-12(17-7-8)18-11-4-9(13)2-3-10(11)14/h2-4,6-7,15H,5H2,1H3. The highest BCUT2D eigenvalue weighted by atomic mass is 19.1. The molecule has 4 nitrogen and oxygen atoms in total. The second kappa shape index (κ2) is 5.50. The van der Waals surface area contributed by atoms with Gasteiger partial charge in [0.25, 0.3) is 0 Å². The van der Waals surface area contributed by atoms with Crippen molar-refractivity contribution in [2.45, 2.75) is 6.54 Å². The third-order valence-corrected chi connectivity index (χ3v) is 2.16. The van der Waals surface area contributed by atoms with Gasteiger partial charge in [0.15, 0.2) is 11.6 Å². The fourth-order valence-electron chi connectivity index (χ4n) is 1.34. The van der Waals surface area contributed by atoms with Crippen molar-refractivity contribution in [1.29, 1.82) is 0 Å². The van der Waals surface area contributed by atoms with Gasteiger partial charge < -0.3 is 10.1 Å². The Balaban J connectivity index is 2.15. The number of halogens is 2. The monoisotopic (exact) mass is 251 g/mol. The van der Waals surface area contributed by atoms with Crippen molar-refractivity contribution in [2.24, 2.45) is 0 Å². The molecule has 0 saturated carbocycles. The number of ether oxygens (including phenoxy) is 1. The van der Waals surface area contributed by atoms with E-state index in [0.717, 1.165) is 23.8 Å². The van der Waals surface area contributed by atoms with Crippen LogP contribution < -0.4 is 10.1 Å². The molecule has 94 valence electrons. The Bertz CT molecular complexity index is 531. The smallest absolute Gasteiger partial charge is 0.321 e. The van der Waals surface area contributed by atoms with Crippen molar-refractivity contribution in [3.8, 4) is 11.8 Å². The molecule has 1 N–H and O–H groups in total. The maximum Gasteiger partial charge on any atom is 0.321 e. The number of nitrogens with zero attached hydrogens (tertiary/aromatic N) is 2. The lowest BCUT2D eigenvalue weighted by molar-refractivity contribution is 0.406. The summed E-state index contributed by atoms with van der Waals surface area (Å²) in [5.41, 5.74) is 0.865. The molecular formula is C12H11F2N3O. The first-order valence-corrected chi connectivity index (χ1v) is 5.27. The van der Waals surface area contributed by atoms with Crippen molar-refractivity contribution < 1.29 is 13.5 Å². The zero-order valence-electron chi connectivity index (χ0n) is 9.65. The molecule has 0 radical (unpaired) electrons. The predicted octanol–water partition coefficient (Wildman–Crippen LogP) is 2.27. The lowest BCUT2D eigenvalue weighted by atomic mass is 10.3. The van der Waals surface area contributed by atoms with Crippen LogP contribution in [0, 0.1) is 11.6 Å². The zero-order chi connectivity index (χ0) is 13.0. The molecule has 2 aromatic rings. The van der Waals surface area contributed by atoms with Crippen molar-refractivity contribution in [3.63, 3.8) is 0 Å². The van der Waals surface area contributed by atoms with Gasteiger partial charge in [0.1, 0.15) is 5.82 Å². The number of nitrogens with one attached hydrogen (secondary N) is 1. The molecule has 0 spiro atoms. The van der Waals surface area contributed by atoms with Crippen LogP contribution in [0.1, 0.15) is 5.56 Å². The van der Waals surface area contributed by atoms with E-state index in [0.29, 0.717) is 6.54 Å². The molecule has 0 amide bonds. The van der Waals surface area contributed by atoms with E-state index in [4.69, 9.17) is 4.74 Å². The second-order valence-electron chi connectivity index (χ2n) is 3.58. The topological polar surface area (TPSA) is 47.0 Å². The highest BCUT2D eigenvalue weighted by Gasteiger charge is 2.08. The molecule has 0 fully saturated rings. The molecule has 1 aromatic carbocycles. The number of benzene rings is 1. The zero-order valence-corrected chi connectivity index (χ0v) is 9.65. The van der Waals surface area contributed by atoms with E-state index < -0.39 is 11.6 Å². The molecule has 1 aromatic heterocycles. The summed E-state index contributed by atoms with van der Waals surface area (Å²) in [7, 11) is 1.80. The minimum Gasteiger partial charge on any atom is -0.421 e. The van der Waals surface area contributed by atoms with Crippen molar-refractivity contribution in [1.82, 2.24) is 15.3 Å². The minimum absolute atomic E-state index is 0.0284. The summed E-state index contributed by atoms with van der Waals surface area (Å²) in [4.78, 5) is 7.80. The van der Waals surface area contributed by atoms with E-state index in [9.17, 15) is 8.78 Å². The summed E-state index contributed by atoms with van der Waals surface area (Å²) in [5, 5.41) is 2.94. The van der Waals surface area contributed by atoms with Gasteiger partial charge in [-0.05, 0) is 19.2 Å². The highest BCUT2D eigenvalue weighted by Crippen LogP contribution is 2.22. The maximum absolute atomic E-state index is 13.3. The van der Waals surface area contributed by atoms with Gasteiger partial charge in [-0.15, -0.1) is 0 Å². The molecule has 0 aliphatic heterocycles. The van der Waals surface area contributed by atoms with Crippen LogP contribution in [0.5, 0.6) is 11.8 Å². The Labute approximate surface area is 103 Å². The van der Waals surface area contributed by atoms with Crippen LogP contribution in [0.25, 0.3) is 0 Å². The summed E-state index contributed by atoms with van der Waals surface area (Å²) in [5.74, 6) is -1.49. The Morgan fingerprint density at radius 3 is 2.61 bits per heavy atom. The van der Waals surface area contributed by atoms with Crippen LogP contribution in [0.3, 0.4) is 0 Å². The predicted molar refractivity (Wildman–Crippen MR) is 61.2 cm³/mol. The van der Waals surface area contributed by atoms with Crippen LogP contribution >= 0.6 is 0 Å². The normalized spacial score (nSPS) is 10.4. The van der Waals surface area contributed by atoms with E-state index in [-0.39, 0.29) is 11.8 Å². The molecule has 0 bridgehead atoms. The van der Waals surface area contributed by atoms with E-state index >= 15 is 0 Å². The molecule has 0 atom stereocenters. The van der Waals surface area contributed by atoms with Crippen LogP contribution in [-0.4, -0.2) is 17.0 Å². The summed E-state index contributed by atoms with van der Waals surface area (Å²) >= 11 is 0. The molecule has 1 heterocycles. The Kier molecular flexibility index (Phi) is 3.78. The van der Waals surface area contributed by atoms with E-state index in [1.165, 1.54) is 0 Å². The summed E-state index contributed by atoms with van der Waals surface area (Å²) < 4.78 is 31.3. The van der Waals surface area contributed by atoms with Crippen LogP contribution in [-0.2, 0) is 6.54 Å². The van der Waals surface area contributed by atoms with Gasteiger partial charge in [0, 0.05) is 30.6 Å². The lowest BCUT2D eigenvalue weighted by Crippen LogP contribution is -2.06. The SMILES string of the molecule is CNCc1cnc(Oc2cc(F)ccc2F)nc1. The van der Waals surface area contributed by atoms with Crippen LogP contribution in [0.4, 0.5) is 8.78 Å². The van der Waals surface area contributed by atoms with Gasteiger partial charge in [0.05, 0.1) is 0 Å². The number of hydrogen-bond acceptors (Lipinski definition) is 4. The minimum atomic E-state index is -0.667. The molecule has 0 saturated heterocycles. The lowest BCUT2D eigenvalue weighted by Gasteiger charge is -2.05. The number of aromatic nitrogens is 2. The van der Waals surface area contributed by atoms with Crippen LogP contribution in [0.2, 0.25) is 0 Å². The Morgan fingerprint density at radius 2 is 1.94 bits per heavy atom. The largest absolute Gasteiger partial charge is 0.421 e. The summed E-state index contributed by atoms with van der Waals surface area (Å²) in [6.45, 7) is 0.620. The van der Waals surface area contributed by atoms with Gasteiger partial charge >= 0.3 is 6.01 Å². The van der Waals surface area contributed by atoms with Crippen molar-refractivity contribution in [3.05, 3.63) is 47.8 Å². The van der Waals surface area contributed by atoms with E-state index in [1.807, 2.05) is 0 Å². The highest BCUT2D eigenvalue weighted by molar-refractivity contribution is 5.27. The van der Waals surface area contributed by atoms with Gasteiger partial charge in [-0.1, -0.05) is 0 Å².